The van der Waals surface area contributed by atoms with Gasteiger partial charge in [-0.1, -0.05) is 11.6 Å². The second kappa shape index (κ2) is 10.4. The summed E-state index contributed by atoms with van der Waals surface area (Å²) in [6, 6.07) is 4.90. The largest absolute Gasteiger partial charge is 0.490 e. The normalized spacial score (nSPS) is 11.0. The number of likely N-dealkylation sites (N-methyl/N-ethyl adjacent to an activating group) is 1. The maximum absolute atomic E-state index is 11.9. The minimum absolute atomic E-state index is 0.168. The average molecular weight is 395 g/mol. The second-order valence-corrected chi connectivity index (χ2v) is 6.37. The van der Waals surface area contributed by atoms with Crippen molar-refractivity contribution in [1.29, 1.82) is 5.26 Å². The molecule has 0 aliphatic rings. The Kier molecular flexibility index (Phi) is 8.63. The maximum atomic E-state index is 11.9. The zero-order chi connectivity index (χ0) is 20.6. The third-order valence-corrected chi connectivity index (χ3v) is 3.45. The number of halogens is 1. The average Bonchev–Trinajstić information content (AvgIpc) is 2.58. The van der Waals surface area contributed by atoms with E-state index in [1.807, 2.05) is 6.07 Å². The molecule has 0 N–H and O–H groups in total. The molecule has 8 heteroatoms. The van der Waals surface area contributed by atoms with E-state index in [4.69, 9.17) is 25.8 Å². The molecule has 7 nitrogen and oxygen atoms in total. The fourth-order valence-electron chi connectivity index (χ4n) is 1.92. The van der Waals surface area contributed by atoms with Gasteiger partial charge in [0.25, 0.3) is 5.91 Å². The molecular weight excluding hydrogens is 372 g/mol. The van der Waals surface area contributed by atoms with Gasteiger partial charge in [-0.05, 0) is 44.5 Å². The second-order valence-electron chi connectivity index (χ2n) is 5.96. The Morgan fingerprint density at radius 2 is 1.96 bits per heavy atom. The van der Waals surface area contributed by atoms with Crippen LogP contribution in [0.3, 0.4) is 0 Å². The molecule has 1 aromatic rings. The lowest BCUT2D eigenvalue weighted by Crippen LogP contribution is -2.27. The third-order valence-electron chi connectivity index (χ3n) is 3.16. The predicted molar refractivity (Wildman–Crippen MR) is 102 cm³/mol. The summed E-state index contributed by atoms with van der Waals surface area (Å²) >= 11 is 6.27. The van der Waals surface area contributed by atoms with Gasteiger partial charge in [0.05, 0.1) is 17.7 Å². The standard InChI is InChI=1S/C19H23ClN2O5/c1-6-25-16-9-13(7-14(10-21)19(24)27-12(2)3)8-15(20)18(16)26-11-17(23)22(4)5/h7-9,12H,6,11H2,1-5H3/b14-7+. The highest BCUT2D eigenvalue weighted by molar-refractivity contribution is 6.32. The first kappa shape index (κ1) is 22.3. The molecule has 1 aromatic carbocycles. The smallest absolute Gasteiger partial charge is 0.349 e. The Bertz CT molecular complexity index is 766. The zero-order valence-electron chi connectivity index (χ0n) is 16.0. The van der Waals surface area contributed by atoms with Gasteiger partial charge in [-0.2, -0.15) is 5.26 Å². The number of esters is 1. The number of amides is 1. The van der Waals surface area contributed by atoms with E-state index in [2.05, 4.69) is 0 Å². The SMILES string of the molecule is CCOc1cc(/C=C(\C#N)C(=O)OC(C)C)cc(Cl)c1OCC(=O)N(C)C. The molecule has 0 atom stereocenters. The van der Waals surface area contributed by atoms with Crippen LogP contribution in [0.5, 0.6) is 11.5 Å². The van der Waals surface area contributed by atoms with Gasteiger partial charge < -0.3 is 19.1 Å². The first-order chi connectivity index (χ1) is 12.7. The summed E-state index contributed by atoms with van der Waals surface area (Å²) in [7, 11) is 3.23. The van der Waals surface area contributed by atoms with Gasteiger partial charge in [0, 0.05) is 14.1 Å². The molecule has 0 aliphatic heterocycles. The van der Waals surface area contributed by atoms with Crippen LogP contribution >= 0.6 is 11.6 Å². The molecule has 0 radical (unpaired) electrons. The summed E-state index contributed by atoms with van der Waals surface area (Å²) in [6.45, 7) is 5.30. The Morgan fingerprint density at radius 1 is 1.30 bits per heavy atom. The summed E-state index contributed by atoms with van der Waals surface area (Å²) in [5, 5.41) is 9.40. The van der Waals surface area contributed by atoms with E-state index in [0.29, 0.717) is 17.9 Å². The van der Waals surface area contributed by atoms with E-state index in [-0.39, 0.29) is 35.0 Å². The monoisotopic (exact) mass is 394 g/mol. The van der Waals surface area contributed by atoms with Crippen LogP contribution in [0.15, 0.2) is 17.7 Å². The van der Waals surface area contributed by atoms with Crippen LogP contribution < -0.4 is 9.47 Å². The fraction of sp³-hybridized carbons (Fsp3) is 0.421. The molecule has 0 bridgehead atoms. The first-order valence-electron chi connectivity index (χ1n) is 8.31. The molecular formula is C19H23ClN2O5. The van der Waals surface area contributed by atoms with Crippen LogP contribution in [0.4, 0.5) is 0 Å². The van der Waals surface area contributed by atoms with E-state index in [0.717, 1.165) is 0 Å². The van der Waals surface area contributed by atoms with Gasteiger partial charge >= 0.3 is 5.97 Å². The van der Waals surface area contributed by atoms with Crippen LogP contribution in [-0.4, -0.2) is 50.2 Å². The fourth-order valence-corrected chi connectivity index (χ4v) is 2.19. The summed E-state index contributed by atoms with van der Waals surface area (Å²) in [5.41, 5.74) is 0.297. The molecule has 1 rings (SSSR count). The number of carbonyl (C=O) groups is 2. The quantitative estimate of drug-likeness (QED) is 0.382. The zero-order valence-corrected chi connectivity index (χ0v) is 16.8. The van der Waals surface area contributed by atoms with Crippen molar-refractivity contribution >= 4 is 29.6 Å². The van der Waals surface area contributed by atoms with Crippen molar-refractivity contribution in [2.75, 3.05) is 27.3 Å². The molecule has 0 fully saturated rings. The Hall–Kier alpha value is -2.72. The molecule has 27 heavy (non-hydrogen) atoms. The predicted octanol–water partition coefficient (Wildman–Crippen LogP) is 3.06. The summed E-state index contributed by atoms with van der Waals surface area (Å²) in [4.78, 5) is 25.1. The van der Waals surface area contributed by atoms with Gasteiger partial charge in [0.15, 0.2) is 18.1 Å². The van der Waals surface area contributed by atoms with E-state index < -0.39 is 5.97 Å². The molecule has 1 amide bonds. The number of nitriles is 1. The van der Waals surface area contributed by atoms with Crippen molar-refractivity contribution in [3.8, 4) is 17.6 Å². The van der Waals surface area contributed by atoms with Crippen LogP contribution in [0, 0.1) is 11.3 Å². The van der Waals surface area contributed by atoms with Crippen LogP contribution in [0.25, 0.3) is 6.08 Å². The van der Waals surface area contributed by atoms with Crippen molar-refractivity contribution in [1.82, 2.24) is 4.90 Å². The highest BCUT2D eigenvalue weighted by Crippen LogP contribution is 2.37. The first-order valence-corrected chi connectivity index (χ1v) is 8.69. The Labute approximate surface area is 164 Å². The molecule has 0 aromatic heterocycles. The molecule has 146 valence electrons. The molecule has 0 aliphatic carbocycles. The van der Waals surface area contributed by atoms with Crippen molar-refractivity contribution in [3.63, 3.8) is 0 Å². The van der Waals surface area contributed by atoms with Crippen LogP contribution in [0.2, 0.25) is 5.02 Å². The van der Waals surface area contributed by atoms with E-state index in [1.165, 1.54) is 17.0 Å². The summed E-state index contributed by atoms with van der Waals surface area (Å²) < 4.78 is 16.1. The number of rotatable bonds is 8. The third kappa shape index (κ3) is 6.83. The number of hydrogen-bond donors (Lipinski definition) is 0. The molecule has 0 saturated heterocycles. The van der Waals surface area contributed by atoms with Gasteiger partial charge in [-0.25, -0.2) is 4.79 Å². The molecule has 0 heterocycles. The van der Waals surface area contributed by atoms with Gasteiger partial charge in [-0.3, -0.25) is 4.79 Å². The number of benzene rings is 1. The lowest BCUT2D eigenvalue weighted by atomic mass is 10.1. The van der Waals surface area contributed by atoms with Gasteiger partial charge in [0.1, 0.15) is 11.6 Å². The summed E-state index contributed by atoms with van der Waals surface area (Å²) in [6.07, 6.45) is 1.01. The number of nitrogens with zero attached hydrogens (tertiary/aromatic N) is 2. The Morgan fingerprint density at radius 3 is 2.48 bits per heavy atom. The van der Waals surface area contributed by atoms with Crippen molar-refractivity contribution in [3.05, 3.63) is 28.3 Å². The van der Waals surface area contributed by atoms with Crippen LogP contribution in [-0.2, 0) is 14.3 Å². The van der Waals surface area contributed by atoms with E-state index in [9.17, 15) is 14.9 Å². The highest BCUT2D eigenvalue weighted by Gasteiger charge is 2.17. The molecule has 0 spiro atoms. The van der Waals surface area contributed by atoms with E-state index in [1.54, 1.807) is 40.9 Å². The topological polar surface area (TPSA) is 88.9 Å². The van der Waals surface area contributed by atoms with Gasteiger partial charge in [0.2, 0.25) is 0 Å². The lowest BCUT2D eigenvalue weighted by Gasteiger charge is -2.16. The summed E-state index contributed by atoms with van der Waals surface area (Å²) in [5.74, 6) is -0.439. The van der Waals surface area contributed by atoms with Crippen molar-refractivity contribution in [2.24, 2.45) is 0 Å². The van der Waals surface area contributed by atoms with Gasteiger partial charge in [-0.15, -0.1) is 0 Å². The van der Waals surface area contributed by atoms with Crippen LogP contribution in [0.1, 0.15) is 26.3 Å². The van der Waals surface area contributed by atoms with E-state index >= 15 is 0 Å². The Balaban J connectivity index is 3.21. The highest BCUT2D eigenvalue weighted by atomic mass is 35.5. The minimum atomic E-state index is -0.724. The van der Waals surface area contributed by atoms with Crippen molar-refractivity contribution in [2.45, 2.75) is 26.9 Å². The number of ether oxygens (including phenoxy) is 3. The maximum Gasteiger partial charge on any atom is 0.349 e. The lowest BCUT2D eigenvalue weighted by molar-refractivity contribution is -0.142. The molecule has 0 unspecified atom stereocenters. The molecule has 0 saturated carbocycles. The van der Waals surface area contributed by atoms with Crippen molar-refractivity contribution < 1.29 is 23.8 Å². The minimum Gasteiger partial charge on any atom is -0.490 e. The number of hydrogen-bond acceptors (Lipinski definition) is 6. The number of carbonyl (C=O) groups excluding carboxylic acids is 2.